The van der Waals surface area contributed by atoms with Crippen LogP contribution in [0.1, 0.15) is 55.6 Å². The highest BCUT2D eigenvalue weighted by Crippen LogP contribution is 2.44. The Bertz CT molecular complexity index is 1080. The summed E-state index contributed by atoms with van der Waals surface area (Å²) in [7, 11) is 0. The van der Waals surface area contributed by atoms with Gasteiger partial charge < -0.3 is 20.3 Å². The number of hydrogen-bond donors (Lipinski definition) is 2. The molecule has 3 N–H and O–H groups in total. The molecular weight excluding hydrogens is 425 g/mol. The van der Waals surface area contributed by atoms with Gasteiger partial charge in [-0.15, -0.1) is 12.4 Å². The summed E-state index contributed by atoms with van der Waals surface area (Å²) in [5.74, 6) is -0.831. The summed E-state index contributed by atoms with van der Waals surface area (Å²) < 4.78 is 1.89. The van der Waals surface area contributed by atoms with Crippen LogP contribution in [0.25, 0.3) is 10.9 Å². The van der Waals surface area contributed by atoms with E-state index < -0.39 is 11.4 Å². The number of carboxylic acids is 1. The number of rotatable bonds is 3. The minimum atomic E-state index is -1.21. The summed E-state index contributed by atoms with van der Waals surface area (Å²) in [6.07, 6.45) is 3.37. The molecule has 2 heterocycles. The molecule has 2 atom stereocenters. The molecule has 6 nitrogen and oxygen atoms in total. The summed E-state index contributed by atoms with van der Waals surface area (Å²) >= 11 is 6.95. The number of halogens is 2. The highest BCUT2D eigenvalue weighted by Gasteiger charge is 2.39. The van der Waals surface area contributed by atoms with E-state index in [2.05, 4.69) is 25.7 Å². The zero-order chi connectivity index (χ0) is 21.2. The fourth-order valence-corrected chi connectivity index (χ4v) is 5.10. The Labute approximate surface area is 187 Å². The lowest BCUT2D eigenvalue weighted by molar-refractivity contribution is 0.0695. The lowest BCUT2D eigenvalue weighted by Gasteiger charge is -2.48. The van der Waals surface area contributed by atoms with Gasteiger partial charge in [0.2, 0.25) is 5.43 Å². The van der Waals surface area contributed by atoms with Crippen LogP contribution in [0.5, 0.6) is 0 Å². The van der Waals surface area contributed by atoms with Crippen molar-refractivity contribution in [1.82, 2.24) is 4.57 Å². The van der Waals surface area contributed by atoms with E-state index in [0.717, 1.165) is 30.6 Å². The average molecular weight is 454 g/mol. The Morgan fingerprint density at radius 2 is 1.97 bits per heavy atom. The van der Waals surface area contributed by atoms with Gasteiger partial charge in [-0.1, -0.05) is 32.4 Å². The number of aromatic carboxylic acids is 1. The Hall–Kier alpha value is -1.76. The third-order valence-electron chi connectivity index (χ3n) is 6.81. The molecular formula is C22H29Cl2N3O3. The van der Waals surface area contributed by atoms with E-state index in [0.29, 0.717) is 28.4 Å². The van der Waals surface area contributed by atoms with Crippen molar-refractivity contribution < 1.29 is 9.90 Å². The fraction of sp³-hybridized carbons (Fsp3) is 0.545. The van der Waals surface area contributed by atoms with Crippen molar-refractivity contribution >= 4 is 46.6 Å². The summed E-state index contributed by atoms with van der Waals surface area (Å²) in [6, 6.07) is 2.00. The molecule has 2 aliphatic rings. The molecule has 1 aliphatic carbocycles. The minimum absolute atomic E-state index is 0. The maximum atomic E-state index is 12.9. The van der Waals surface area contributed by atoms with Crippen molar-refractivity contribution in [3.63, 3.8) is 0 Å². The van der Waals surface area contributed by atoms with E-state index >= 15 is 0 Å². The number of nitrogens with zero attached hydrogens (tertiary/aromatic N) is 2. The monoisotopic (exact) mass is 453 g/mol. The number of aryl methyl sites for hydroxylation is 1. The van der Waals surface area contributed by atoms with Gasteiger partial charge in [-0.2, -0.15) is 0 Å². The van der Waals surface area contributed by atoms with Crippen LogP contribution < -0.4 is 16.1 Å². The molecule has 2 aromatic rings. The van der Waals surface area contributed by atoms with Gasteiger partial charge in [-0.25, -0.2) is 4.79 Å². The summed E-state index contributed by atoms with van der Waals surface area (Å²) in [4.78, 5) is 26.7. The van der Waals surface area contributed by atoms with Gasteiger partial charge in [0, 0.05) is 36.8 Å². The number of benzene rings is 1. The van der Waals surface area contributed by atoms with E-state index in [4.69, 9.17) is 17.3 Å². The first-order chi connectivity index (χ1) is 13.5. The lowest BCUT2D eigenvalue weighted by atomic mass is 9.72. The van der Waals surface area contributed by atoms with Crippen LogP contribution in [-0.4, -0.2) is 34.8 Å². The van der Waals surface area contributed by atoms with Gasteiger partial charge in [0.1, 0.15) is 5.56 Å². The fourth-order valence-electron chi connectivity index (χ4n) is 4.63. The smallest absolute Gasteiger partial charge is 0.341 e. The van der Waals surface area contributed by atoms with Crippen LogP contribution in [0.15, 0.2) is 17.1 Å². The SMILES string of the molecule is Cc1cc2c(=O)c(C(=O)O)cn(C3CC3)c2c(Cl)c1N1C[C@@H](N)[C@H](C)C(C)(C)C1.Cl. The molecule has 0 amide bonds. The van der Waals surface area contributed by atoms with Crippen molar-refractivity contribution in [1.29, 1.82) is 0 Å². The van der Waals surface area contributed by atoms with Gasteiger partial charge in [0.05, 0.1) is 16.2 Å². The number of nitrogens with two attached hydrogens (primary N) is 1. The van der Waals surface area contributed by atoms with E-state index in [1.165, 1.54) is 6.20 Å². The van der Waals surface area contributed by atoms with E-state index in [-0.39, 0.29) is 35.5 Å². The van der Waals surface area contributed by atoms with E-state index in [1.807, 2.05) is 11.5 Å². The zero-order valence-electron chi connectivity index (χ0n) is 17.7. The van der Waals surface area contributed by atoms with Gasteiger partial charge in [-0.05, 0) is 42.7 Å². The Morgan fingerprint density at radius 3 is 2.50 bits per heavy atom. The number of carbonyl (C=O) groups is 1. The molecule has 8 heteroatoms. The van der Waals surface area contributed by atoms with Crippen LogP contribution >= 0.6 is 24.0 Å². The molecule has 1 saturated heterocycles. The van der Waals surface area contributed by atoms with Crippen molar-refractivity contribution in [3.8, 4) is 0 Å². The summed E-state index contributed by atoms with van der Waals surface area (Å²) in [6.45, 7) is 10.0. The molecule has 0 radical (unpaired) electrons. The number of aromatic nitrogens is 1. The summed E-state index contributed by atoms with van der Waals surface area (Å²) in [5.41, 5.74) is 8.18. The normalized spacial score (nSPS) is 23.3. The van der Waals surface area contributed by atoms with Crippen molar-refractivity contribution in [3.05, 3.63) is 38.6 Å². The predicted molar refractivity (Wildman–Crippen MR) is 124 cm³/mol. The molecule has 1 aromatic carbocycles. The zero-order valence-corrected chi connectivity index (χ0v) is 19.3. The van der Waals surface area contributed by atoms with Gasteiger partial charge in [0.25, 0.3) is 0 Å². The van der Waals surface area contributed by atoms with Crippen LogP contribution in [0.3, 0.4) is 0 Å². The number of fused-ring (bicyclic) bond motifs is 1. The number of pyridine rings is 1. The Kier molecular flexibility index (Phi) is 5.91. The van der Waals surface area contributed by atoms with Crippen LogP contribution in [-0.2, 0) is 0 Å². The van der Waals surface area contributed by atoms with E-state index in [1.54, 1.807) is 6.07 Å². The number of hydrogen-bond acceptors (Lipinski definition) is 4. The molecule has 1 aliphatic heterocycles. The molecule has 2 fully saturated rings. The first kappa shape index (κ1) is 22.9. The number of anilines is 1. The molecule has 1 saturated carbocycles. The van der Waals surface area contributed by atoms with E-state index in [9.17, 15) is 14.7 Å². The first-order valence-corrected chi connectivity index (χ1v) is 10.5. The topological polar surface area (TPSA) is 88.6 Å². The molecule has 1 aromatic heterocycles. The standard InChI is InChI=1S/C22H28ClN3O3.ClH/c1-11-7-14-19(26(13-5-6-13)8-15(20(14)27)21(28)29)17(23)18(11)25-9-16(24)12(2)22(3,4)10-25;/h7-8,12-13,16H,5-6,9-10,24H2,1-4H3,(H,28,29);1H/t12-,16+;/m0./s1. The van der Waals surface area contributed by atoms with Crippen LogP contribution in [0.2, 0.25) is 5.02 Å². The maximum absolute atomic E-state index is 12.9. The van der Waals surface area contributed by atoms with Crippen molar-refractivity contribution in [2.45, 2.75) is 52.6 Å². The van der Waals surface area contributed by atoms with Crippen molar-refractivity contribution in [2.75, 3.05) is 18.0 Å². The van der Waals surface area contributed by atoms with Crippen LogP contribution in [0, 0.1) is 18.3 Å². The third kappa shape index (κ3) is 3.59. The highest BCUT2D eigenvalue weighted by atomic mass is 35.5. The van der Waals surface area contributed by atoms with Gasteiger partial charge in [0.15, 0.2) is 0 Å². The average Bonchev–Trinajstić information content (AvgIpc) is 3.45. The number of carboxylic acid groups (broad SMARTS) is 1. The predicted octanol–water partition coefficient (Wildman–Crippen LogP) is 4.23. The van der Waals surface area contributed by atoms with Gasteiger partial charge in [-0.3, -0.25) is 4.79 Å². The quantitative estimate of drug-likeness (QED) is 0.725. The second kappa shape index (κ2) is 7.74. The largest absolute Gasteiger partial charge is 0.477 e. The number of piperidine rings is 1. The maximum Gasteiger partial charge on any atom is 0.341 e. The lowest BCUT2D eigenvalue weighted by Crippen LogP contribution is -2.56. The Balaban J connectivity index is 0.00000256. The first-order valence-electron chi connectivity index (χ1n) is 10.1. The molecule has 0 spiro atoms. The second-order valence-corrected chi connectivity index (χ2v) is 9.77. The second-order valence-electron chi connectivity index (χ2n) is 9.39. The highest BCUT2D eigenvalue weighted by molar-refractivity contribution is 6.38. The molecule has 0 unspecified atom stereocenters. The molecule has 164 valence electrons. The Morgan fingerprint density at radius 1 is 1.33 bits per heavy atom. The van der Waals surface area contributed by atoms with Crippen LogP contribution in [0.4, 0.5) is 5.69 Å². The molecule has 30 heavy (non-hydrogen) atoms. The van der Waals surface area contributed by atoms with Gasteiger partial charge >= 0.3 is 5.97 Å². The minimum Gasteiger partial charge on any atom is -0.477 e. The molecule has 4 rings (SSSR count). The summed E-state index contributed by atoms with van der Waals surface area (Å²) in [5, 5.41) is 10.4. The van der Waals surface area contributed by atoms with Crippen molar-refractivity contribution in [2.24, 2.45) is 17.1 Å². The third-order valence-corrected chi connectivity index (χ3v) is 7.17. The molecule has 0 bridgehead atoms.